The van der Waals surface area contributed by atoms with Crippen LogP contribution in [0.3, 0.4) is 0 Å². The highest BCUT2D eigenvalue weighted by atomic mass is 79.9. The zero-order valence-electron chi connectivity index (χ0n) is 11.6. The second kappa shape index (κ2) is 7.03. The van der Waals surface area contributed by atoms with Crippen LogP contribution in [0, 0.1) is 0 Å². The van der Waals surface area contributed by atoms with E-state index in [-0.39, 0.29) is 30.6 Å². The van der Waals surface area contributed by atoms with Crippen LogP contribution >= 0.6 is 15.9 Å². The summed E-state index contributed by atoms with van der Waals surface area (Å²) in [6, 6.07) is 7.94. The summed E-state index contributed by atoms with van der Waals surface area (Å²) in [7, 11) is 0. The minimum atomic E-state index is -0.341. The normalized spacial score (nSPS) is 14.7. The Morgan fingerprint density at radius 2 is 1.89 bits per heavy atom. The minimum Gasteiger partial charge on any atom is -0.369 e. The molecule has 0 aromatic heterocycles. The monoisotopic (exact) mass is 327 g/mol. The van der Waals surface area contributed by atoms with E-state index in [1.165, 1.54) is 0 Å². The Bertz CT molecular complexity index is 434. The summed E-state index contributed by atoms with van der Waals surface area (Å²) in [4.78, 5) is 13.3. The van der Waals surface area contributed by atoms with E-state index in [0.29, 0.717) is 0 Å². The number of primary amides is 1. The molecule has 0 fully saturated rings. The lowest BCUT2D eigenvalue weighted by Crippen LogP contribution is -2.47. The van der Waals surface area contributed by atoms with Crippen molar-refractivity contribution in [2.75, 3.05) is 6.54 Å². The van der Waals surface area contributed by atoms with Crippen LogP contribution in [0.15, 0.2) is 28.7 Å². The van der Waals surface area contributed by atoms with Crippen molar-refractivity contribution in [1.29, 1.82) is 0 Å². The zero-order chi connectivity index (χ0) is 14.6. The molecule has 2 unspecified atom stereocenters. The Labute approximate surface area is 123 Å². The van der Waals surface area contributed by atoms with Crippen LogP contribution in [-0.2, 0) is 4.79 Å². The number of rotatable bonds is 6. The summed E-state index contributed by atoms with van der Waals surface area (Å²) in [5, 5.41) is 0. The summed E-state index contributed by atoms with van der Waals surface area (Å²) >= 11 is 3.55. The van der Waals surface area contributed by atoms with Crippen LogP contribution in [0.1, 0.15) is 32.4 Å². The predicted molar refractivity (Wildman–Crippen MR) is 81.6 cm³/mol. The molecule has 1 amide bonds. The van der Waals surface area contributed by atoms with E-state index in [9.17, 15) is 4.79 Å². The van der Waals surface area contributed by atoms with Crippen molar-refractivity contribution in [1.82, 2.24) is 4.90 Å². The number of carbonyl (C=O) groups excluding carboxylic acids is 1. The molecule has 19 heavy (non-hydrogen) atoms. The van der Waals surface area contributed by atoms with Crippen LogP contribution in [0.25, 0.3) is 0 Å². The lowest BCUT2D eigenvalue weighted by Gasteiger charge is -2.37. The Kier molecular flexibility index (Phi) is 5.97. The highest BCUT2D eigenvalue weighted by molar-refractivity contribution is 9.10. The van der Waals surface area contributed by atoms with Gasteiger partial charge >= 0.3 is 0 Å². The molecule has 1 aromatic carbocycles. The first kappa shape index (κ1) is 16.1. The molecule has 0 saturated heterocycles. The molecule has 106 valence electrons. The van der Waals surface area contributed by atoms with Gasteiger partial charge in [-0.2, -0.15) is 0 Å². The van der Waals surface area contributed by atoms with Gasteiger partial charge in [0.15, 0.2) is 0 Å². The smallest absolute Gasteiger partial charge is 0.231 e. The molecule has 0 aliphatic carbocycles. The van der Waals surface area contributed by atoms with Crippen molar-refractivity contribution in [2.24, 2.45) is 11.5 Å². The number of hydrogen-bond donors (Lipinski definition) is 2. The van der Waals surface area contributed by atoms with Gasteiger partial charge < -0.3 is 11.5 Å². The molecule has 0 spiro atoms. The molecular weight excluding hydrogens is 306 g/mol. The van der Waals surface area contributed by atoms with E-state index in [0.717, 1.165) is 10.0 Å². The number of benzene rings is 1. The third-order valence-corrected chi connectivity index (χ3v) is 3.80. The highest BCUT2D eigenvalue weighted by Crippen LogP contribution is 2.30. The van der Waals surface area contributed by atoms with Crippen LogP contribution in [0.2, 0.25) is 0 Å². The standard InChI is InChI=1S/C14H22BrN3O/c1-9(2)18(8-13(17)19)14(10(3)16)11-6-4-5-7-12(11)15/h4-7,9-10,14H,8,16H2,1-3H3,(H2,17,19). The van der Waals surface area contributed by atoms with Gasteiger partial charge in [-0.05, 0) is 32.4 Å². The van der Waals surface area contributed by atoms with Crippen molar-refractivity contribution in [3.8, 4) is 0 Å². The van der Waals surface area contributed by atoms with Crippen LogP contribution in [0.5, 0.6) is 0 Å². The lowest BCUT2D eigenvalue weighted by molar-refractivity contribution is -0.120. The highest BCUT2D eigenvalue weighted by Gasteiger charge is 2.28. The molecule has 1 aromatic rings. The molecule has 0 aliphatic rings. The second-order valence-corrected chi connectivity index (χ2v) is 5.91. The van der Waals surface area contributed by atoms with Crippen LogP contribution < -0.4 is 11.5 Å². The van der Waals surface area contributed by atoms with E-state index >= 15 is 0 Å². The summed E-state index contributed by atoms with van der Waals surface area (Å²) in [5.74, 6) is -0.341. The predicted octanol–water partition coefficient (Wildman–Crippen LogP) is 2.03. The largest absolute Gasteiger partial charge is 0.369 e. The maximum Gasteiger partial charge on any atom is 0.231 e. The molecule has 5 heteroatoms. The van der Waals surface area contributed by atoms with Crippen molar-refractivity contribution in [3.05, 3.63) is 34.3 Å². The van der Waals surface area contributed by atoms with Gasteiger partial charge in [0.1, 0.15) is 0 Å². The summed E-state index contributed by atoms with van der Waals surface area (Å²) in [6.07, 6.45) is 0. The summed E-state index contributed by atoms with van der Waals surface area (Å²) in [5.41, 5.74) is 12.6. The van der Waals surface area contributed by atoms with Crippen LogP contribution in [-0.4, -0.2) is 29.4 Å². The average molecular weight is 328 g/mol. The molecule has 4 nitrogen and oxygen atoms in total. The first-order chi connectivity index (χ1) is 8.84. The van der Waals surface area contributed by atoms with Gasteiger partial charge in [-0.15, -0.1) is 0 Å². The molecule has 0 saturated carbocycles. The van der Waals surface area contributed by atoms with Gasteiger partial charge in [-0.1, -0.05) is 34.1 Å². The van der Waals surface area contributed by atoms with Gasteiger partial charge in [-0.25, -0.2) is 0 Å². The number of carbonyl (C=O) groups is 1. The minimum absolute atomic E-state index is 0.0527. The Morgan fingerprint density at radius 3 is 2.32 bits per heavy atom. The van der Waals surface area contributed by atoms with Crippen molar-refractivity contribution >= 4 is 21.8 Å². The quantitative estimate of drug-likeness (QED) is 0.839. The fourth-order valence-corrected chi connectivity index (χ4v) is 2.78. The molecule has 0 heterocycles. The Balaban J connectivity index is 3.18. The van der Waals surface area contributed by atoms with E-state index in [1.54, 1.807) is 0 Å². The molecule has 2 atom stereocenters. The van der Waals surface area contributed by atoms with E-state index < -0.39 is 0 Å². The zero-order valence-corrected chi connectivity index (χ0v) is 13.2. The molecule has 4 N–H and O–H groups in total. The lowest BCUT2D eigenvalue weighted by atomic mass is 9.97. The molecule has 0 bridgehead atoms. The third kappa shape index (κ3) is 4.30. The van der Waals surface area contributed by atoms with Crippen molar-refractivity contribution in [2.45, 2.75) is 38.9 Å². The number of halogens is 1. The molecular formula is C14H22BrN3O. The second-order valence-electron chi connectivity index (χ2n) is 5.06. The summed E-state index contributed by atoms with van der Waals surface area (Å²) < 4.78 is 0.993. The van der Waals surface area contributed by atoms with Crippen molar-refractivity contribution in [3.63, 3.8) is 0 Å². The van der Waals surface area contributed by atoms with Crippen LogP contribution in [0.4, 0.5) is 0 Å². The van der Waals surface area contributed by atoms with Gasteiger partial charge in [0.2, 0.25) is 5.91 Å². The number of nitrogens with zero attached hydrogens (tertiary/aromatic N) is 1. The molecule has 1 rings (SSSR count). The summed E-state index contributed by atoms with van der Waals surface area (Å²) in [6.45, 7) is 6.22. The third-order valence-electron chi connectivity index (χ3n) is 3.08. The maximum atomic E-state index is 11.3. The van der Waals surface area contributed by atoms with E-state index in [2.05, 4.69) is 15.9 Å². The average Bonchev–Trinajstić information content (AvgIpc) is 2.29. The fraction of sp³-hybridized carbons (Fsp3) is 0.500. The van der Waals surface area contributed by atoms with Crippen molar-refractivity contribution < 1.29 is 4.79 Å². The molecule has 0 aliphatic heterocycles. The van der Waals surface area contributed by atoms with Gasteiger partial charge in [0.25, 0.3) is 0 Å². The first-order valence-electron chi connectivity index (χ1n) is 6.38. The maximum absolute atomic E-state index is 11.3. The number of hydrogen-bond acceptors (Lipinski definition) is 3. The first-order valence-corrected chi connectivity index (χ1v) is 7.18. The van der Waals surface area contributed by atoms with Gasteiger partial charge in [-0.3, -0.25) is 9.69 Å². The number of amides is 1. The Hall–Kier alpha value is -0.910. The SMILES string of the molecule is CC(N)C(c1ccccc1Br)N(CC(N)=O)C(C)C. The van der Waals surface area contributed by atoms with Gasteiger partial charge in [0, 0.05) is 16.6 Å². The molecule has 0 radical (unpaired) electrons. The number of nitrogens with two attached hydrogens (primary N) is 2. The van der Waals surface area contributed by atoms with E-state index in [1.807, 2.05) is 49.9 Å². The Morgan fingerprint density at radius 1 is 1.32 bits per heavy atom. The topological polar surface area (TPSA) is 72.3 Å². The fourth-order valence-electron chi connectivity index (χ4n) is 2.26. The van der Waals surface area contributed by atoms with Gasteiger partial charge in [0.05, 0.1) is 12.6 Å². The van der Waals surface area contributed by atoms with E-state index in [4.69, 9.17) is 11.5 Å².